The highest BCUT2D eigenvalue weighted by Crippen LogP contribution is 2.78. The van der Waals surface area contributed by atoms with Gasteiger partial charge in [0.05, 0.1) is 19.4 Å². The van der Waals surface area contributed by atoms with Crippen LogP contribution < -0.4 is 0 Å². The van der Waals surface area contributed by atoms with E-state index >= 15 is 0 Å². The minimum Gasteiger partial charge on any atom is -0.481 e. The average Bonchev–Trinajstić information content (AvgIpc) is 3.33. The maximum absolute atomic E-state index is 13.2. The molecule has 266 valence electrons. The maximum atomic E-state index is 13.2. The molecular weight excluding hydrogens is 588 g/mol. The van der Waals surface area contributed by atoms with Crippen molar-refractivity contribution in [3.63, 3.8) is 0 Å². The number of hydrogen-bond donors (Lipinski definition) is 1. The van der Waals surface area contributed by atoms with E-state index in [4.69, 9.17) is 9.47 Å². The van der Waals surface area contributed by atoms with Gasteiger partial charge in [0, 0.05) is 11.8 Å². The van der Waals surface area contributed by atoms with E-state index in [9.17, 15) is 19.5 Å². The summed E-state index contributed by atoms with van der Waals surface area (Å²) in [6, 6.07) is 0. The summed E-state index contributed by atoms with van der Waals surface area (Å²) in [5.41, 5.74) is 1.42. The Hall–Kier alpha value is -1.85. The fourth-order valence-electron chi connectivity index (χ4n) is 13.5. The molecule has 5 fully saturated rings. The molecule has 0 aromatic carbocycles. The van der Waals surface area contributed by atoms with E-state index in [2.05, 4.69) is 48.1 Å². The Labute approximate surface area is 285 Å². The molecule has 0 aromatic rings. The van der Waals surface area contributed by atoms with E-state index < -0.39 is 11.4 Å². The quantitative estimate of drug-likeness (QED) is 0.186. The van der Waals surface area contributed by atoms with Gasteiger partial charge in [-0.1, -0.05) is 60.6 Å². The number of hydrogen-bond acceptors (Lipinski definition) is 5. The van der Waals surface area contributed by atoms with Crippen LogP contribution in [0.4, 0.5) is 0 Å². The van der Waals surface area contributed by atoms with E-state index in [1.165, 1.54) is 50.5 Å². The van der Waals surface area contributed by atoms with E-state index in [0.717, 1.165) is 25.7 Å². The summed E-state index contributed by atoms with van der Waals surface area (Å²) in [6.45, 7) is 25.4. The summed E-state index contributed by atoms with van der Waals surface area (Å²) < 4.78 is 11.7. The number of carbonyl (C=O) groups is 3. The van der Waals surface area contributed by atoms with E-state index in [1.807, 2.05) is 20.8 Å². The molecule has 0 bridgehead atoms. The number of carboxylic acids is 1. The first-order valence-electron chi connectivity index (χ1n) is 19.0. The number of carbonyl (C=O) groups excluding carboxylic acids is 2. The lowest BCUT2D eigenvalue weighted by Crippen LogP contribution is -2.66. The molecule has 5 saturated carbocycles. The lowest BCUT2D eigenvalue weighted by molar-refractivity contribution is -0.250. The average molecular weight is 655 g/mol. The molecule has 4 unspecified atom stereocenters. The van der Waals surface area contributed by atoms with Gasteiger partial charge in [-0.05, 0) is 141 Å². The van der Waals surface area contributed by atoms with Crippen molar-refractivity contribution in [2.45, 2.75) is 158 Å². The van der Waals surface area contributed by atoms with Gasteiger partial charge >= 0.3 is 17.9 Å². The first kappa shape index (κ1) is 36.4. The molecule has 6 heteroatoms. The molecule has 5 aliphatic carbocycles. The monoisotopic (exact) mass is 654 g/mol. The summed E-state index contributed by atoms with van der Waals surface area (Å²) in [5, 5.41) is 9.31. The van der Waals surface area contributed by atoms with Crippen molar-refractivity contribution in [3.05, 3.63) is 12.2 Å². The summed E-state index contributed by atoms with van der Waals surface area (Å²) in [5.74, 6) is 1.68. The van der Waals surface area contributed by atoms with Crippen molar-refractivity contribution in [1.82, 2.24) is 0 Å². The van der Waals surface area contributed by atoms with Gasteiger partial charge in [-0.2, -0.15) is 0 Å². The van der Waals surface area contributed by atoms with Gasteiger partial charge in [0.15, 0.2) is 0 Å². The van der Waals surface area contributed by atoms with Crippen LogP contribution in [0, 0.1) is 62.1 Å². The van der Waals surface area contributed by atoms with Crippen molar-refractivity contribution in [3.8, 4) is 0 Å². The third-order valence-corrected chi connectivity index (χ3v) is 15.8. The van der Waals surface area contributed by atoms with Crippen LogP contribution in [0.5, 0.6) is 0 Å². The summed E-state index contributed by atoms with van der Waals surface area (Å²) in [7, 11) is 0. The molecule has 10 atom stereocenters. The molecule has 0 heterocycles. The second-order valence-electron chi connectivity index (χ2n) is 19.1. The highest BCUT2D eigenvalue weighted by molar-refractivity contribution is 5.73. The Morgan fingerprint density at radius 3 is 2.17 bits per heavy atom. The topological polar surface area (TPSA) is 89.9 Å². The molecule has 47 heavy (non-hydrogen) atoms. The molecule has 0 aromatic heterocycles. The Kier molecular flexibility index (Phi) is 9.68. The van der Waals surface area contributed by atoms with E-state index in [1.54, 1.807) is 0 Å². The van der Waals surface area contributed by atoms with Crippen molar-refractivity contribution in [2.24, 2.45) is 62.1 Å². The van der Waals surface area contributed by atoms with Crippen LogP contribution in [0.25, 0.3) is 0 Å². The summed E-state index contributed by atoms with van der Waals surface area (Å²) in [4.78, 5) is 37.1. The third kappa shape index (κ3) is 6.02. The maximum Gasteiger partial charge on any atom is 0.306 e. The molecule has 1 N–H and O–H groups in total. The number of allylic oxidation sites excluding steroid dienone is 1. The zero-order valence-electron chi connectivity index (χ0n) is 31.3. The second kappa shape index (κ2) is 12.5. The third-order valence-electron chi connectivity index (χ3n) is 15.8. The molecule has 0 saturated heterocycles. The fraction of sp³-hybridized carbons (Fsp3) is 0.878. The fourth-order valence-corrected chi connectivity index (χ4v) is 13.5. The largest absolute Gasteiger partial charge is 0.481 e. The van der Waals surface area contributed by atoms with Crippen molar-refractivity contribution in [1.29, 1.82) is 0 Å². The number of fused-ring (bicyclic) bond motifs is 7. The predicted octanol–water partition coefficient (Wildman–Crippen LogP) is 9.79. The van der Waals surface area contributed by atoms with Crippen LogP contribution in [-0.2, 0) is 23.9 Å². The van der Waals surface area contributed by atoms with E-state index in [-0.39, 0.29) is 58.0 Å². The molecular formula is C41H66O6. The second-order valence-corrected chi connectivity index (χ2v) is 19.1. The van der Waals surface area contributed by atoms with Crippen LogP contribution in [0.15, 0.2) is 12.2 Å². The van der Waals surface area contributed by atoms with Crippen LogP contribution in [0.3, 0.4) is 0 Å². The van der Waals surface area contributed by atoms with Crippen LogP contribution in [0.1, 0.15) is 152 Å². The van der Waals surface area contributed by atoms with Crippen molar-refractivity contribution in [2.75, 3.05) is 6.61 Å². The van der Waals surface area contributed by atoms with E-state index in [0.29, 0.717) is 42.6 Å². The molecule has 6 nitrogen and oxygen atoms in total. The molecule has 5 rings (SSSR count). The van der Waals surface area contributed by atoms with Gasteiger partial charge in [-0.25, -0.2) is 0 Å². The number of aliphatic carboxylic acids is 1. The minimum atomic E-state index is -0.881. The molecule has 5 aliphatic rings. The zero-order valence-corrected chi connectivity index (χ0v) is 31.3. The van der Waals surface area contributed by atoms with Gasteiger partial charge < -0.3 is 14.6 Å². The smallest absolute Gasteiger partial charge is 0.306 e. The Bertz CT molecular complexity index is 1250. The Morgan fingerprint density at radius 2 is 1.53 bits per heavy atom. The molecule has 0 amide bonds. The highest BCUT2D eigenvalue weighted by atomic mass is 16.5. The van der Waals surface area contributed by atoms with Gasteiger partial charge in [0.1, 0.15) is 6.10 Å². The summed E-state index contributed by atoms with van der Waals surface area (Å²) in [6.07, 6.45) is 13.1. The van der Waals surface area contributed by atoms with Crippen LogP contribution >= 0.6 is 0 Å². The van der Waals surface area contributed by atoms with Crippen LogP contribution in [-0.4, -0.2) is 35.7 Å². The van der Waals surface area contributed by atoms with Gasteiger partial charge in [0.25, 0.3) is 0 Å². The number of esters is 2. The zero-order chi connectivity index (χ0) is 34.8. The van der Waals surface area contributed by atoms with Crippen molar-refractivity contribution < 1.29 is 29.0 Å². The number of ether oxygens (including phenoxy) is 2. The van der Waals surface area contributed by atoms with Gasteiger partial charge in [0.2, 0.25) is 0 Å². The first-order valence-corrected chi connectivity index (χ1v) is 19.0. The Morgan fingerprint density at radius 1 is 0.830 bits per heavy atom. The highest BCUT2D eigenvalue weighted by Gasteiger charge is 2.71. The number of rotatable bonds is 10. The van der Waals surface area contributed by atoms with Gasteiger partial charge in [-0.15, -0.1) is 0 Å². The standard InChI is InChI=1S/C41H66O6/c1-11-46-33(44)17-21-41-20-14-27(26(2)3)35(41)28-12-13-30-38(8)18-16-31(47-34(45)25-36(4,5)24-32(42)43)37(6,7)29(38)15-19-40(30,10)39(28,9)22-23-41/h27-31,35H,2,11-25H2,1,3-10H3,(H,42,43)/t27-,28+,29?,30?,31?,35?,38-,39+,40+,41-/m0/s1. The predicted molar refractivity (Wildman–Crippen MR) is 185 cm³/mol. The minimum absolute atomic E-state index is 0.0393. The molecule has 0 radical (unpaired) electrons. The Balaban J connectivity index is 1.38. The first-order chi connectivity index (χ1) is 21.8. The van der Waals surface area contributed by atoms with Crippen LogP contribution in [0.2, 0.25) is 0 Å². The normalized spacial score (nSPS) is 42.2. The lowest BCUT2D eigenvalue weighted by atomic mass is 9.32. The molecule has 0 aliphatic heterocycles. The SMILES string of the molecule is C=C(C)[C@@H]1CC[C@]2(CCC(=O)OCC)CC[C@]3(C)[C@H](CCC4[C@@]5(C)CCC(OC(=O)CC(C)(C)CC(=O)O)C(C)(C)C5CC[C@]43C)C12. The van der Waals surface area contributed by atoms with Gasteiger partial charge in [-0.3, -0.25) is 14.4 Å². The number of carboxylic acid groups (broad SMARTS) is 1. The lowest BCUT2D eigenvalue weighted by Gasteiger charge is -2.73. The summed E-state index contributed by atoms with van der Waals surface area (Å²) >= 11 is 0. The molecule has 0 spiro atoms. The van der Waals surface area contributed by atoms with Crippen molar-refractivity contribution >= 4 is 17.9 Å².